The number of thioether (sulfide) groups is 1. The lowest BCUT2D eigenvalue weighted by molar-refractivity contribution is -0.384. The number of amides is 2. The Labute approximate surface area is 217 Å². The SMILES string of the molecule is CCn1c(CNC(=O)C=Cc2ccc(OC)c(OC)c2)nnc1SCC(=O)Nc1ccc([N+](=O)[O-])cc1. The van der Waals surface area contributed by atoms with Crippen molar-refractivity contribution in [3.05, 3.63) is 70.0 Å². The van der Waals surface area contributed by atoms with Gasteiger partial charge in [0.25, 0.3) is 5.69 Å². The molecular weight excluding hydrogens is 500 g/mol. The van der Waals surface area contributed by atoms with Gasteiger partial charge in [-0.3, -0.25) is 19.7 Å². The average molecular weight is 527 g/mol. The Bertz CT molecular complexity index is 1290. The van der Waals surface area contributed by atoms with E-state index in [4.69, 9.17) is 9.47 Å². The first kappa shape index (κ1) is 27.2. The van der Waals surface area contributed by atoms with Crippen LogP contribution < -0.4 is 20.1 Å². The molecule has 0 radical (unpaired) electrons. The van der Waals surface area contributed by atoms with Gasteiger partial charge in [0.2, 0.25) is 11.8 Å². The molecule has 0 aliphatic carbocycles. The molecule has 0 unspecified atom stereocenters. The molecule has 2 aromatic carbocycles. The molecule has 0 saturated heterocycles. The normalized spacial score (nSPS) is 10.8. The highest BCUT2D eigenvalue weighted by Crippen LogP contribution is 2.28. The summed E-state index contributed by atoms with van der Waals surface area (Å²) in [7, 11) is 3.09. The van der Waals surface area contributed by atoms with Gasteiger partial charge >= 0.3 is 0 Å². The topological polar surface area (TPSA) is 151 Å². The van der Waals surface area contributed by atoms with Crippen LogP contribution >= 0.6 is 11.8 Å². The van der Waals surface area contributed by atoms with Crippen molar-refractivity contribution >= 4 is 41.0 Å². The summed E-state index contributed by atoms with van der Waals surface area (Å²) in [5.41, 5.74) is 1.17. The number of nitro benzene ring substituents is 1. The summed E-state index contributed by atoms with van der Waals surface area (Å²) in [4.78, 5) is 34.8. The zero-order valence-corrected chi connectivity index (χ0v) is 21.3. The van der Waals surface area contributed by atoms with Gasteiger partial charge < -0.3 is 24.7 Å². The molecule has 12 nitrogen and oxygen atoms in total. The van der Waals surface area contributed by atoms with Crippen molar-refractivity contribution in [2.24, 2.45) is 0 Å². The van der Waals surface area contributed by atoms with Crippen molar-refractivity contribution in [3.8, 4) is 11.5 Å². The third-order valence-corrected chi connectivity index (χ3v) is 6.03. The van der Waals surface area contributed by atoms with Gasteiger partial charge in [-0.25, -0.2) is 0 Å². The predicted molar refractivity (Wildman–Crippen MR) is 139 cm³/mol. The number of benzene rings is 2. The quantitative estimate of drug-likeness (QED) is 0.157. The minimum absolute atomic E-state index is 0.0560. The summed E-state index contributed by atoms with van der Waals surface area (Å²) >= 11 is 1.20. The van der Waals surface area contributed by atoms with Crippen LogP contribution in [0.25, 0.3) is 6.08 Å². The summed E-state index contributed by atoms with van der Waals surface area (Å²) in [6, 6.07) is 10.9. The van der Waals surface area contributed by atoms with Crippen LogP contribution in [-0.2, 0) is 22.7 Å². The number of hydrogen-bond donors (Lipinski definition) is 2. The second kappa shape index (κ2) is 13.1. The van der Waals surface area contributed by atoms with E-state index in [1.807, 2.05) is 11.5 Å². The number of ether oxygens (including phenoxy) is 2. The second-order valence-corrected chi connectivity index (χ2v) is 8.39. The van der Waals surface area contributed by atoms with Gasteiger partial charge in [0.1, 0.15) is 0 Å². The number of methoxy groups -OCH3 is 2. The maximum absolute atomic E-state index is 12.3. The maximum atomic E-state index is 12.3. The average Bonchev–Trinajstić information content (AvgIpc) is 3.31. The molecule has 3 aromatic rings. The number of aromatic nitrogens is 3. The van der Waals surface area contributed by atoms with Gasteiger partial charge in [0.05, 0.1) is 31.4 Å². The fourth-order valence-electron chi connectivity index (χ4n) is 3.22. The van der Waals surface area contributed by atoms with Gasteiger partial charge in [-0.1, -0.05) is 17.8 Å². The van der Waals surface area contributed by atoms with Crippen LogP contribution in [-0.4, -0.2) is 51.5 Å². The van der Waals surface area contributed by atoms with Crippen LogP contribution in [0.5, 0.6) is 11.5 Å². The largest absolute Gasteiger partial charge is 0.493 e. The third kappa shape index (κ3) is 7.54. The minimum atomic E-state index is -0.506. The molecule has 37 heavy (non-hydrogen) atoms. The van der Waals surface area contributed by atoms with E-state index in [0.29, 0.717) is 34.7 Å². The highest BCUT2D eigenvalue weighted by molar-refractivity contribution is 7.99. The number of nitrogens with one attached hydrogen (secondary N) is 2. The van der Waals surface area contributed by atoms with Crippen molar-refractivity contribution in [2.75, 3.05) is 25.3 Å². The highest BCUT2D eigenvalue weighted by atomic mass is 32.2. The molecular formula is C24H26N6O6S. The summed E-state index contributed by atoms with van der Waals surface area (Å²) < 4.78 is 12.3. The van der Waals surface area contributed by atoms with E-state index in [0.717, 1.165) is 5.56 Å². The van der Waals surface area contributed by atoms with Crippen LogP contribution in [0, 0.1) is 10.1 Å². The van der Waals surface area contributed by atoms with Crippen LogP contribution in [0.3, 0.4) is 0 Å². The smallest absolute Gasteiger partial charge is 0.269 e. The van der Waals surface area contributed by atoms with E-state index >= 15 is 0 Å². The van der Waals surface area contributed by atoms with Gasteiger partial charge in [0.15, 0.2) is 22.5 Å². The zero-order chi connectivity index (χ0) is 26.8. The zero-order valence-electron chi connectivity index (χ0n) is 20.5. The van der Waals surface area contributed by atoms with E-state index in [1.54, 1.807) is 38.5 Å². The molecule has 0 aliphatic rings. The summed E-state index contributed by atoms with van der Waals surface area (Å²) in [5, 5.41) is 25.0. The number of carbonyl (C=O) groups excluding carboxylic acids is 2. The number of nitrogens with zero attached hydrogens (tertiary/aromatic N) is 4. The van der Waals surface area contributed by atoms with Crippen LogP contribution in [0.1, 0.15) is 18.3 Å². The fourth-order valence-corrected chi connectivity index (χ4v) is 4.04. The minimum Gasteiger partial charge on any atom is -0.493 e. The lowest BCUT2D eigenvalue weighted by atomic mass is 10.2. The molecule has 194 valence electrons. The fraction of sp³-hybridized carbons (Fsp3) is 0.250. The van der Waals surface area contributed by atoms with Crippen molar-refractivity contribution < 1.29 is 24.0 Å². The molecule has 13 heteroatoms. The molecule has 0 saturated carbocycles. The Morgan fingerprint density at radius 2 is 1.84 bits per heavy atom. The summed E-state index contributed by atoms with van der Waals surface area (Å²) in [5.74, 6) is 1.17. The standard InChI is InChI=1S/C24H26N6O6S/c1-4-29-21(14-25-22(31)12-6-16-5-11-19(35-2)20(13-16)36-3)27-28-24(29)37-15-23(32)26-17-7-9-18(10-8-17)30(33)34/h5-13H,4,14-15H2,1-3H3,(H,25,31)(H,26,32). The lowest BCUT2D eigenvalue weighted by Gasteiger charge is -2.08. The molecule has 1 heterocycles. The van der Waals surface area contributed by atoms with Crippen molar-refractivity contribution in [1.82, 2.24) is 20.1 Å². The number of non-ortho nitro benzene ring substituents is 1. The van der Waals surface area contributed by atoms with E-state index in [1.165, 1.54) is 42.1 Å². The Morgan fingerprint density at radius 3 is 2.49 bits per heavy atom. The number of nitro groups is 1. The first-order valence-corrected chi connectivity index (χ1v) is 12.1. The molecule has 2 N–H and O–H groups in total. The van der Waals surface area contributed by atoms with E-state index < -0.39 is 4.92 Å². The van der Waals surface area contributed by atoms with Gasteiger partial charge in [-0.15, -0.1) is 10.2 Å². The Hall–Kier alpha value is -4.39. The number of carbonyl (C=O) groups is 2. The van der Waals surface area contributed by atoms with Crippen LogP contribution in [0.2, 0.25) is 0 Å². The molecule has 1 aromatic heterocycles. The lowest BCUT2D eigenvalue weighted by Crippen LogP contribution is -2.22. The Balaban J connectivity index is 1.52. The maximum Gasteiger partial charge on any atom is 0.269 e. The molecule has 0 fully saturated rings. The molecule has 0 aliphatic heterocycles. The van der Waals surface area contributed by atoms with Crippen LogP contribution in [0.4, 0.5) is 11.4 Å². The first-order valence-electron chi connectivity index (χ1n) is 11.1. The molecule has 0 atom stereocenters. The first-order chi connectivity index (χ1) is 17.8. The molecule has 0 spiro atoms. The monoisotopic (exact) mass is 526 g/mol. The van der Waals surface area contributed by atoms with Crippen molar-refractivity contribution in [1.29, 1.82) is 0 Å². The van der Waals surface area contributed by atoms with Gasteiger partial charge in [-0.05, 0) is 42.8 Å². The van der Waals surface area contributed by atoms with E-state index in [-0.39, 0.29) is 29.8 Å². The second-order valence-electron chi connectivity index (χ2n) is 7.45. The van der Waals surface area contributed by atoms with Crippen molar-refractivity contribution in [2.45, 2.75) is 25.2 Å². The molecule has 0 bridgehead atoms. The molecule has 3 rings (SSSR count). The van der Waals surface area contributed by atoms with Gasteiger partial charge in [0, 0.05) is 30.4 Å². The Morgan fingerprint density at radius 1 is 1.11 bits per heavy atom. The third-order valence-electron chi connectivity index (χ3n) is 5.06. The van der Waals surface area contributed by atoms with E-state index in [2.05, 4.69) is 20.8 Å². The summed E-state index contributed by atoms with van der Waals surface area (Å²) in [6.07, 6.45) is 3.07. The van der Waals surface area contributed by atoms with Crippen molar-refractivity contribution in [3.63, 3.8) is 0 Å². The number of hydrogen-bond acceptors (Lipinski definition) is 9. The number of rotatable bonds is 12. The molecule has 2 amide bonds. The number of anilines is 1. The summed E-state index contributed by atoms with van der Waals surface area (Å²) in [6.45, 7) is 2.62. The van der Waals surface area contributed by atoms with E-state index in [9.17, 15) is 19.7 Å². The highest BCUT2D eigenvalue weighted by Gasteiger charge is 2.14. The van der Waals surface area contributed by atoms with Crippen LogP contribution in [0.15, 0.2) is 53.7 Å². The Kier molecular flexibility index (Phi) is 9.61. The predicted octanol–water partition coefficient (Wildman–Crippen LogP) is 3.28. The van der Waals surface area contributed by atoms with Gasteiger partial charge in [-0.2, -0.15) is 0 Å².